The number of piperidine rings is 2. The summed E-state index contributed by atoms with van der Waals surface area (Å²) in [6.45, 7) is 9.74. The number of hydrogen-bond acceptors (Lipinski definition) is 4. The Morgan fingerprint density at radius 1 is 0.744 bits per heavy atom. The van der Waals surface area contributed by atoms with Crippen LogP contribution in [-0.4, -0.2) is 67.3 Å². The lowest BCUT2D eigenvalue weighted by atomic mass is 9.86. The first-order valence-corrected chi connectivity index (χ1v) is 15.4. The maximum Gasteiger partial charge on any atom is 0.161 e. The molecular formula is C34H47N3O2. The van der Waals surface area contributed by atoms with Gasteiger partial charge in [-0.25, -0.2) is 0 Å². The summed E-state index contributed by atoms with van der Waals surface area (Å²) < 4.78 is 11.1. The molecule has 5 nitrogen and oxygen atoms in total. The maximum atomic E-state index is 5.61. The fraction of sp³-hybridized carbons (Fsp3) is 0.588. The minimum atomic E-state index is 0.411. The molecular weight excluding hydrogens is 482 g/mol. The number of ether oxygens (including phenoxy) is 2. The predicted molar refractivity (Wildman–Crippen MR) is 161 cm³/mol. The van der Waals surface area contributed by atoms with E-state index in [-0.39, 0.29) is 0 Å². The highest BCUT2D eigenvalue weighted by molar-refractivity contribution is 5.92. The van der Waals surface area contributed by atoms with Gasteiger partial charge in [-0.3, -0.25) is 0 Å². The minimum Gasteiger partial charge on any atom is -0.493 e. The molecule has 1 N–H and O–H groups in total. The zero-order valence-electron chi connectivity index (χ0n) is 24.5. The minimum absolute atomic E-state index is 0.411. The van der Waals surface area contributed by atoms with Crippen LogP contribution in [0.5, 0.6) is 11.5 Å². The summed E-state index contributed by atoms with van der Waals surface area (Å²) in [7, 11) is 3.39. The Morgan fingerprint density at radius 2 is 1.38 bits per heavy atom. The lowest BCUT2D eigenvalue weighted by molar-refractivity contribution is 0.0696. The Hall–Kier alpha value is -2.50. The van der Waals surface area contributed by atoms with Gasteiger partial charge >= 0.3 is 0 Å². The highest BCUT2D eigenvalue weighted by atomic mass is 16.5. The number of likely N-dealkylation sites (tertiary alicyclic amines) is 2. The summed E-state index contributed by atoms with van der Waals surface area (Å²) in [6.07, 6.45) is 11.1. The second kappa shape index (κ2) is 11.5. The van der Waals surface area contributed by atoms with Crippen LogP contribution in [0.4, 0.5) is 0 Å². The van der Waals surface area contributed by atoms with Crippen molar-refractivity contribution in [3.8, 4) is 22.8 Å². The van der Waals surface area contributed by atoms with Gasteiger partial charge in [-0.15, -0.1) is 0 Å². The molecule has 0 amide bonds. The van der Waals surface area contributed by atoms with Gasteiger partial charge in [-0.05, 0) is 118 Å². The Kier molecular flexibility index (Phi) is 7.91. The molecule has 3 aromatic rings. The molecule has 0 bridgehead atoms. The van der Waals surface area contributed by atoms with Gasteiger partial charge in [-0.2, -0.15) is 0 Å². The van der Waals surface area contributed by atoms with Crippen LogP contribution in [0.1, 0.15) is 88.2 Å². The number of nitrogens with one attached hydrogen (secondary N) is 1. The Morgan fingerprint density at radius 3 is 2.03 bits per heavy atom. The van der Waals surface area contributed by atoms with Crippen molar-refractivity contribution in [3.05, 3.63) is 47.5 Å². The number of rotatable bonds is 7. The number of aromatic amines is 1. The van der Waals surface area contributed by atoms with E-state index in [4.69, 9.17) is 9.47 Å². The quantitative estimate of drug-likeness (QED) is 0.343. The predicted octanol–water partition coefficient (Wildman–Crippen LogP) is 7.56. The second-order valence-corrected chi connectivity index (χ2v) is 12.5. The second-order valence-electron chi connectivity index (χ2n) is 12.5. The monoisotopic (exact) mass is 529 g/mol. The summed E-state index contributed by atoms with van der Waals surface area (Å²) >= 11 is 0. The van der Waals surface area contributed by atoms with Crippen LogP contribution in [-0.2, 0) is 0 Å². The van der Waals surface area contributed by atoms with Crippen molar-refractivity contribution in [3.63, 3.8) is 0 Å². The first kappa shape index (κ1) is 26.7. The largest absolute Gasteiger partial charge is 0.493 e. The molecule has 0 radical (unpaired) electrons. The highest BCUT2D eigenvalue weighted by Gasteiger charge is 2.32. The summed E-state index contributed by atoms with van der Waals surface area (Å²) in [5, 5.41) is 1.37. The van der Waals surface area contributed by atoms with Crippen LogP contribution >= 0.6 is 0 Å². The van der Waals surface area contributed by atoms with Crippen LogP contribution in [0.15, 0.2) is 36.4 Å². The van der Waals surface area contributed by atoms with Crippen LogP contribution in [0.2, 0.25) is 0 Å². The molecule has 3 heterocycles. The molecule has 3 fully saturated rings. The van der Waals surface area contributed by atoms with Crippen LogP contribution < -0.4 is 9.47 Å². The lowest BCUT2D eigenvalue weighted by Crippen LogP contribution is -2.49. The van der Waals surface area contributed by atoms with Gasteiger partial charge in [0.25, 0.3) is 0 Å². The van der Waals surface area contributed by atoms with Gasteiger partial charge in [0.2, 0.25) is 0 Å². The first-order chi connectivity index (χ1) is 19.1. The summed E-state index contributed by atoms with van der Waals surface area (Å²) in [5.74, 6) is 2.59. The zero-order valence-corrected chi connectivity index (χ0v) is 24.5. The van der Waals surface area contributed by atoms with Crippen molar-refractivity contribution in [2.75, 3.05) is 40.4 Å². The molecule has 2 aromatic carbocycles. The van der Waals surface area contributed by atoms with Gasteiger partial charge < -0.3 is 24.3 Å². The standard InChI is InChI=1S/C34H47N3O2/c1-23(2)33-29-21-25(9-11-30(29)35-34(33)26-10-12-31(38-3)32(22-26)39-4)24-13-17-36(18-14-24)28-15-19-37(20-16-28)27-7-5-6-8-27/h9-12,21-24,27-28,35H,5-8,13-20H2,1-4H3. The van der Waals surface area contributed by atoms with Gasteiger partial charge in [0.15, 0.2) is 11.5 Å². The van der Waals surface area contributed by atoms with Crippen molar-refractivity contribution < 1.29 is 9.47 Å². The Labute approximate surface area is 234 Å². The highest BCUT2D eigenvalue weighted by Crippen LogP contribution is 2.41. The number of hydrogen-bond donors (Lipinski definition) is 1. The number of methoxy groups -OCH3 is 2. The van der Waals surface area contributed by atoms with Gasteiger partial charge in [0.05, 0.1) is 19.9 Å². The van der Waals surface area contributed by atoms with Gasteiger partial charge in [-0.1, -0.05) is 32.8 Å². The van der Waals surface area contributed by atoms with E-state index in [1.807, 2.05) is 6.07 Å². The van der Waals surface area contributed by atoms with Gasteiger partial charge in [0, 0.05) is 28.6 Å². The molecule has 39 heavy (non-hydrogen) atoms. The van der Waals surface area contributed by atoms with Crippen molar-refractivity contribution in [1.82, 2.24) is 14.8 Å². The van der Waals surface area contributed by atoms with E-state index in [0.29, 0.717) is 11.8 Å². The Bertz CT molecular complexity index is 1260. The average Bonchev–Trinajstić information content (AvgIpc) is 3.65. The normalized spacial score (nSPS) is 20.8. The molecule has 1 aliphatic carbocycles. The molecule has 2 aliphatic heterocycles. The van der Waals surface area contributed by atoms with Crippen LogP contribution in [0, 0.1) is 0 Å². The maximum absolute atomic E-state index is 5.61. The van der Waals surface area contributed by atoms with E-state index in [1.54, 1.807) is 14.2 Å². The van der Waals surface area contributed by atoms with Crippen LogP contribution in [0.25, 0.3) is 22.2 Å². The molecule has 1 aromatic heterocycles. The van der Waals surface area contributed by atoms with E-state index in [1.165, 1.54) is 105 Å². The van der Waals surface area contributed by atoms with Crippen molar-refractivity contribution >= 4 is 10.9 Å². The zero-order chi connectivity index (χ0) is 26.9. The topological polar surface area (TPSA) is 40.7 Å². The molecule has 0 spiro atoms. The van der Waals surface area contributed by atoms with E-state index < -0.39 is 0 Å². The summed E-state index contributed by atoms with van der Waals surface area (Å²) in [5.41, 5.74) is 6.46. The molecule has 0 atom stereocenters. The van der Waals surface area contributed by atoms with Crippen LogP contribution in [0.3, 0.4) is 0 Å². The number of aromatic nitrogens is 1. The molecule has 3 aliphatic rings. The van der Waals surface area contributed by atoms with Gasteiger partial charge in [0.1, 0.15) is 0 Å². The van der Waals surface area contributed by atoms with E-state index in [9.17, 15) is 0 Å². The third-order valence-electron chi connectivity index (χ3n) is 9.97. The van der Waals surface area contributed by atoms with Crippen molar-refractivity contribution in [2.45, 2.75) is 89.1 Å². The molecule has 5 heteroatoms. The number of nitrogens with zero attached hydrogens (tertiary/aromatic N) is 2. The fourth-order valence-corrected chi connectivity index (χ4v) is 7.79. The molecule has 6 rings (SSSR count). The number of H-pyrrole nitrogens is 1. The molecule has 210 valence electrons. The SMILES string of the molecule is COc1ccc(-c2[nH]c3ccc(C4CCN(C5CCN(C6CCCC6)CC5)CC4)cc3c2C(C)C)cc1OC. The summed E-state index contributed by atoms with van der Waals surface area (Å²) in [6, 6.07) is 15.1. The van der Waals surface area contributed by atoms with E-state index >= 15 is 0 Å². The van der Waals surface area contributed by atoms with Crippen molar-refractivity contribution in [1.29, 1.82) is 0 Å². The lowest BCUT2D eigenvalue weighted by Gasteiger charge is -2.43. The third kappa shape index (κ3) is 5.32. The van der Waals surface area contributed by atoms with E-state index in [0.717, 1.165) is 29.1 Å². The Balaban J connectivity index is 1.16. The molecule has 1 saturated carbocycles. The summed E-state index contributed by atoms with van der Waals surface area (Å²) in [4.78, 5) is 9.38. The van der Waals surface area contributed by atoms with E-state index in [2.05, 4.69) is 59.0 Å². The average molecular weight is 530 g/mol. The van der Waals surface area contributed by atoms with Crippen molar-refractivity contribution in [2.24, 2.45) is 0 Å². The molecule has 2 saturated heterocycles. The third-order valence-corrected chi connectivity index (χ3v) is 9.97. The fourth-order valence-electron chi connectivity index (χ4n) is 7.79. The molecule has 0 unspecified atom stereocenters. The number of fused-ring (bicyclic) bond motifs is 1. The first-order valence-electron chi connectivity index (χ1n) is 15.4. The number of benzene rings is 2. The smallest absolute Gasteiger partial charge is 0.161 e.